The zero-order chi connectivity index (χ0) is 10.7. The molecule has 0 aliphatic heterocycles. The summed E-state index contributed by atoms with van der Waals surface area (Å²) in [5.74, 6) is 0. The molecule has 7 nitrogen and oxygen atoms in total. The van der Waals surface area contributed by atoms with E-state index in [0.717, 1.165) is 6.92 Å². The van der Waals surface area contributed by atoms with E-state index >= 15 is 0 Å². The summed E-state index contributed by atoms with van der Waals surface area (Å²) in [6, 6.07) is 0. The van der Waals surface area contributed by atoms with Crippen molar-refractivity contribution in [2.24, 2.45) is 0 Å². The lowest BCUT2D eigenvalue weighted by Crippen LogP contribution is -2.45. The first-order valence-electron chi connectivity index (χ1n) is 3.40. The predicted molar refractivity (Wildman–Crippen MR) is 48.4 cm³/mol. The molecule has 0 radical (unpaired) electrons. The zero-order valence-corrected chi connectivity index (χ0v) is 7.89. The Morgan fingerprint density at radius 1 is 1.50 bits per heavy atom. The molecule has 14 heavy (non-hydrogen) atoms. The van der Waals surface area contributed by atoms with Crippen molar-refractivity contribution in [1.29, 1.82) is 0 Å². The second-order valence-corrected chi connectivity index (χ2v) is 4.06. The van der Waals surface area contributed by atoms with Crippen LogP contribution in [0.4, 0.5) is 0 Å². The largest absolute Gasteiger partial charge is 0.469 e. The fourth-order valence-corrected chi connectivity index (χ4v) is 0.788. The third kappa shape index (κ3) is 6.44. The quantitative estimate of drug-likeness (QED) is 0.378. The van der Waals surface area contributed by atoms with Gasteiger partial charge in [-0.25, -0.2) is 4.57 Å². The molecule has 0 fully saturated rings. The van der Waals surface area contributed by atoms with E-state index in [-0.39, 0.29) is 7.43 Å². The molecule has 0 heterocycles. The highest BCUT2D eigenvalue weighted by Gasteiger charge is 2.31. The van der Waals surface area contributed by atoms with Gasteiger partial charge in [0.15, 0.2) is 0 Å². The van der Waals surface area contributed by atoms with Gasteiger partial charge in [-0.15, -0.1) is 0 Å². The van der Waals surface area contributed by atoms with E-state index in [1.807, 2.05) is 0 Å². The smallest absolute Gasteiger partial charge is 0.393 e. The number of rotatable bonds is 5. The van der Waals surface area contributed by atoms with Crippen LogP contribution in [-0.2, 0) is 9.09 Å². The Kier molecular flexibility index (Phi) is 6.77. The van der Waals surface area contributed by atoms with Gasteiger partial charge in [0, 0.05) is 0 Å². The van der Waals surface area contributed by atoms with Gasteiger partial charge in [-0.3, -0.25) is 4.52 Å². The van der Waals surface area contributed by atoms with Gasteiger partial charge in [0.05, 0.1) is 13.2 Å². The van der Waals surface area contributed by atoms with Crippen LogP contribution in [0.2, 0.25) is 0 Å². The predicted octanol–water partition coefficient (Wildman–Crippen LogP) is -1.16. The molecule has 0 unspecified atom stereocenters. The molecule has 5 N–H and O–H groups in total. The summed E-state index contributed by atoms with van der Waals surface area (Å²) >= 11 is 0. The van der Waals surface area contributed by atoms with Crippen LogP contribution in [-0.4, -0.2) is 50.0 Å². The van der Waals surface area contributed by atoms with Gasteiger partial charge >= 0.3 is 7.82 Å². The Morgan fingerprint density at radius 2 is 1.93 bits per heavy atom. The maximum absolute atomic E-state index is 10.2. The van der Waals surface area contributed by atoms with Crippen molar-refractivity contribution in [1.82, 2.24) is 0 Å². The minimum atomic E-state index is -4.65. The molecule has 0 aliphatic rings. The first-order valence-corrected chi connectivity index (χ1v) is 4.93. The molecule has 0 aliphatic carbocycles. The highest BCUT2D eigenvalue weighted by molar-refractivity contribution is 7.46. The van der Waals surface area contributed by atoms with Gasteiger partial charge in [-0.1, -0.05) is 7.43 Å². The van der Waals surface area contributed by atoms with Crippen LogP contribution in [0.25, 0.3) is 0 Å². The number of hydrogen-bond acceptors (Lipinski definition) is 5. The van der Waals surface area contributed by atoms with Gasteiger partial charge in [-0.2, -0.15) is 0 Å². The van der Waals surface area contributed by atoms with Crippen LogP contribution in [0.15, 0.2) is 0 Å². The summed E-state index contributed by atoms with van der Waals surface area (Å²) in [5.41, 5.74) is -1.84. The third-order valence-corrected chi connectivity index (χ3v) is 1.92. The number of phosphoric acid groups is 1. The van der Waals surface area contributed by atoms with Crippen molar-refractivity contribution < 1.29 is 34.2 Å². The molecule has 0 aromatic heterocycles. The van der Waals surface area contributed by atoms with Crippen LogP contribution in [0.5, 0.6) is 0 Å². The molecule has 0 spiro atoms. The van der Waals surface area contributed by atoms with Crippen LogP contribution < -0.4 is 0 Å². The molecule has 0 saturated carbocycles. The first-order chi connectivity index (χ1) is 5.69. The van der Waals surface area contributed by atoms with Crippen LogP contribution in [0.1, 0.15) is 14.4 Å². The lowest BCUT2D eigenvalue weighted by molar-refractivity contribution is -0.107. The van der Waals surface area contributed by atoms with Gasteiger partial charge in [-0.05, 0) is 6.92 Å². The molecule has 8 heteroatoms. The van der Waals surface area contributed by atoms with Crippen molar-refractivity contribution in [2.45, 2.75) is 26.1 Å². The van der Waals surface area contributed by atoms with E-state index < -0.39 is 32.7 Å². The Bertz CT molecular complexity index is 198. The Hall–Kier alpha value is -0.0100. The van der Waals surface area contributed by atoms with Crippen molar-refractivity contribution >= 4 is 7.82 Å². The van der Waals surface area contributed by atoms with Crippen molar-refractivity contribution in [3.8, 4) is 0 Å². The second kappa shape index (κ2) is 5.77. The van der Waals surface area contributed by atoms with Crippen molar-refractivity contribution in [3.05, 3.63) is 0 Å². The molecule has 0 rings (SSSR count). The minimum absolute atomic E-state index is 0. The average Bonchev–Trinajstić information content (AvgIpc) is 1.98. The van der Waals surface area contributed by atoms with Crippen molar-refractivity contribution in [2.75, 3.05) is 13.2 Å². The molecule has 0 amide bonds. The normalized spacial score (nSPS) is 18.1. The number of aliphatic hydroxyl groups excluding tert-OH is 2. The van der Waals surface area contributed by atoms with E-state index in [4.69, 9.17) is 25.1 Å². The van der Waals surface area contributed by atoms with E-state index in [0.29, 0.717) is 0 Å². The fourth-order valence-electron chi connectivity index (χ4n) is 0.453. The molecule has 2 atom stereocenters. The maximum atomic E-state index is 10.2. The Balaban J connectivity index is 0. The molecule has 0 bridgehead atoms. The first kappa shape index (κ1) is 16.4. The fraction of sp³-hybridized carbons (Fsp3) is 1.00. The molecule has 0 aromatic carbocycles. The molecular formula is C6H17O7P. The Labute approximate surface area is 82.2 Å². The standard InChI is InChI=1S/C5H13O7P.CH4/c1-5(8,3-6)4(7)2-12-13(9,10)11;/h4,6-8H,2-3H2,1H3,(H2,9,10,11);1H4/t4-,5+;/m0./s1. The second-order valence-electron chi connectivity index (χ2n) is 2.82. The van der Waals surface area contributed by atoms with Gasteiger partial charge in [0.2, 0.25) is 0 Å². The summed E-state index contributed by atoms with van der Waals surface area (Å²) in [6.45, 7) is -0.378. The molecule has 0 aromatic rings. The van der Waals surface area contributed by atoms with Crippen LogP contribution in [0.3, 0.4) is 0 Å². The number of aliphatic hydroxyl groups is 3. The summed E-state index contributed by atoms with van der Waals surface area (Å²) in [6.07, 6.45) is -1.56. The minimum Gasteiger partial charge on any atom is -0.393 e. The van der Waals surface area contributed by atoms with Gasteiger partial charge in [0.1, 0.15) is 11.7 Å². The van der Waals surface area contributed by atoms with E-state index in [1.54, 1.807) is 0 Å². The van der Waals surface area contributed by atoms with Gasteiger partial charge in [0.25, 0.3) is 0 Å². The SMILES string of the molecule is C.C[C@@](O)(CO)[C@@H](O)COP(=O)(O)O. The zero-order valence-electron chi connectivity index (χ0n) is 6.99. The average molecular weight is 232 g/mol. The lowest BCUT2D eigenvalue weighted by Gasteiger charge is -2.26. The lowest BCUT2D eigenvalue weighted by atomic mass is 10.0. The highest BCUT2D eigenvalue weighted by atomic mass is 31.2. The molecule has 0 saturated heterocycles. The van der Waals surface area contributed by atoms with Crippen LogP contribution >= 0.6 is 7.82 Å². The van der Waals surface area contributed by atoms with E-state index in [1.165, 1.54) is 0 Å². The maximum Gasteiger partial charge on any atom is 0.469 e. The van der Waals surface area contributed by atoms with Crippen LogP contribution in [0, 0.1) is 0 Å². The number of phosphoric ester groups is 1. The summed E-state index contributed by atoms with van der Waals surface area (Å²) < 4.78 is 14.1. The summed E-state index contributed by atoms with van der Waals surface area (Å²) in [7, 11) is -4.65. The van der Waals surface area contributed by atoms with Crippen molar-refractivity contribution in [3.63, 3.8) is 0 Å². The summed E-state index contributed by atoms with van der Waals surface area (Å²) in [5, 5.41) is 26.8. The monoisotopic (exact) mass is 232 g/mol. The third-order valence-electron chi connectivity index (χ3n) is 1.44. The van der Waals surface area contributed by atoms with E-state index in [9.17, 15) is 4.57 Å². The van der Waals surface area contributed by atoms with Gasteiger partial charge < -0.3 is 25.1 Å². The van der Waals surface area contributed by atoms with E-state index in [2.05, 4.69) is 4.52 Å². The molecular weight excluding hydrogens is 215 g/mol. The Morgan fingerprint density at radius 3 is 2.21 bits per heavy atom. The number of hydrogen-bond donors (Lipinski definition) is 5. The molecule has 88 valence electrons. The topological polar surface area (TPSA) is 127 Å². The summed E-state index contributed by atoms with van der Waals surface area (Å²) in [4.78, 5) is 16.5. The highest BCUT2D eigenvalue weighted by Crippen LogP contribution is 2.36.